The SMILES string of the molecule is C[C@H](F)[C@H]1COC(=O)N1c1ccnc(NC2(c3ncn(-c4cccc(C(F)(F)F)c4)n3)CC2)n1. The van der Waals surface area contributed by atoms with Crippen molar-refractivity contribution in [3.8, 4) is 5.69 Å². The van der Waals surface area contributed by atoms with E-state index in [1.807, 2.05) is 0 Å². The molecule has 1 aliphatic carbocycles. The Kier molecular flexibility index (Phi) is 5.14. The van der Waals surface area contributed by atoms with Crippen LogP contribution in [-0.4, -0.2) is 49.6 Å². The van der Waals surface area contributed by atoms with Crippen molar-refractivity contribution in [2.75, 3.05) is 16.8 Å². The second kappa shape index (κ2) is 7.92. The average molecular weight is 477 g/mol. The van der Waals surface area contributed by atoms with Crippen molar-refractivity contribution < 1.29 is 27.1 Å². The Balaban J connectivity index is 1.38. The normalized spacial score (nSPS) is 20.2. The highest BCUT2D eigenvalue weighted by molar-refractivity contribution is 5.89. The summed E-state index contributed by atoms with van der Waals surface area (Å²) in [6.07, 6.45) is -2.43. The van der Waals surface area contributed by atoms with E-state index in [-0.39, 0.29) is 24.1 Å². The van der Waals surface area contributed by atoms with Crippen LogP contribution in [0.15, 0.2) is 42.9 Å². The van der Waals surface area contributed by atoms with Gasteiger partial charge in [0.25, 0.3) is 0 Å². The third-order valence-electron chi connectivity index (χ3n) is 5.78. The summed E-state index contributed by atoms with van der Waals surface area (Å²) in [5.74, 6) is 0.734. The number of alkyl halides is 4. The van der Waals surface area contributed by atoms with Crippen LogP contribution in [0.5, 0.6) is 0 Å². The number of halogens is 4. The Morgan fingerprint density at radius 2 is 2.03 bits per heavy atom. The quantitative estimate of drug-likeness (QED) is 0.539. The van der Waals surface area contributed by atoms with Gasteiger partial charge in [-0.1, -0.05) is 6.07 Å². The number of carbonyl (C=O) groups is 1. The van der Waals surface area contributed by atoms with Crippen LogP contribution in [0.4, 0.5) is 34.1 Å². The second-order valence-electron chi connectivity index (χ2n) is 8.20. The number of nitrogens with zero attached hydrogens (tertiary/aromatic N) is 6. The van der Waals surface area contributed by atoms with Crippen molar-refractivity contribution in [1.29, 1.82) is 0 Å². The molecule has 0 bridgehead atoms. The fourth-order valence-electron chi connectivity index (χ4n) is 3.76. The molecule has 2 atom stereocenters. The Morgan fingerprint density at radius 1 is 1.24 bits per heavy atom. The molecule has 1 aliphatic heterocycles. The number of anilines is 2. The molecule has 0 unspecified atom stereocenters. The van der Waals surface area contributed by atoms with Gasteiger partial charge in [-0.25, -0.2) is 23.8 Å². The Hall–Kier alpha value is -3.77. The highest BCUT2D eigenvalue weighted by Gasteiger charge is 2.49. The predicted molar refractivity (Wildman–Crippen MR) is 111 cm³/mol. The maximum Gasteiger partial charge on any atom is 0.416 e. The second-order valence-corrected chi connectivity index (χ2v) is 8.20. The van der Waals surface area contributed by atoms with E-state index in [4.69, 9.17) is 4.74 Å². The average Bonchev–Trinajstić information content (AvgIpc) is 3.21. The summed E-state index contributed by atoms with van der Waals surface area (Å²) in [5, 5.41) is 7.52. The molecule has 178 valence electrons. The van der Waals surface area contributed by atoms with E-state index in [9.17, 15) is 22.4 Å². The smallest absolute Gasteiger partial charge is 0.416 e. The van der Waals surface area contributed by atoms with Gasteiger partial charge in [0.1, 0.15) is 36.5 Å². The fourth-order valence-corrected chi connectivity index (χ4v) is 3.76. The minimum absolute atomic E-state index is 0.0793. The number of cyclic esters (lactones) is 1. The highest BCUT2D eigenvalue weighted by atomic mass is 19.4. The van der Waals surface area contributed by atoms with Crippen molar-refractivity contribution in [1.82, 2.24) is 24.7 Å². The Labute approximate surface area is 190 Å². The third kappa shape index (κ3) is 4.01. The zero-order valence-electron chi connectivity index (χ0n) is 17.8. The first-order chi connectivity index (χ1) is 16.2. The van der Waals surface area contributed by atoms with Crippen LogP contribution in [0.2, 0.25) is 0 Å². The number of benzene rings is 1. The molecule has 0 spiro atoms. The monoisotopic (exact) mass is 477 g/mol. The standard InChI is InChI=1S/C21H19F4N7O2/c1-12(22)15-10-34-19(33)32(15)16-5-8-26-18(28-16)29-20(6-7-20)17-27-11-31(30-17)14-4-2-3-13(9-14)21(23,24)25/h2-5,8-9,11-12,15H,6-7,10H2,1H3,(H,26,28,29)/t12-,15+/m0/s1. The predicted octanol–water partition coefficient (Wildman–Crippen LogP) is 3.86. The van der Waals surface area contributed by atoms with Crippen molar-refractivity contribution in [2.45, 2.75) is 43.7 Å². The lowest BCUT2D eigenvalue weighted by molar-refractivity contribution is -0.137. The molecule has 1 saturated carbocycles. The van der Waals surface area contributed by atoms with Gasteiger partial charge in [0.05, 0.1) is 11.3 Å². The number of rotatable bonds is 6. The van der Waals surface area contributed by atoms with Crippen LogP contribution in [0.25, 0.3) is 5.69 Å². The molecule has 2 aromatic heterocycles. The molecule has 0 radical (unpaired) electrons. The zero-order chi connectivity index (χ0) is 24.1. The molecule has 34 heavy (non-hydrogen) atoms. The summed E-state index contributed by atoms with van der Waals surface area (Å²) < 4.78 is 59.3. The van der Waals surface area contributed by atoms with Gasteiger partial charge in [-0.2, -0.15) is 18.2 Å². The van der Waals surface area contributed by atoms with Crippen LogP contribution in [0, 0.1) is 0 Å². The van der Waals surface area contributed by atoms with Crippen LogP contribution in [0.3, 0.4) is 0 Å². The molecular weight excluding hydrogens is 458 g/mol. The van der Waals surface area contributed by atoms with Gasteiger partial charge in [0.15, 0.2) is 5.82 Å². The van der Waals surface area contributed by atoms with Gasteiger partial charge in [0.2, 0.25) is 5.95 Å². The van der Waals surface area contributed by atoms with Gasteiger partial charge in [-0.15, -0.1) is 5.10 Å². The van der Waals surface area contributed by atoms with Crippen molar-refractivity contribution in [3.63, 3.8) is 0 Å². The van der Waals surface area contributed by atoms with Crippen molar-refractivity contribution >= 4 is 17.9 Å². The summed E-state index contributed by atoms with van der Waals surface area (Å²) >= 11 is 0. The summed E-state index contributed by atoms with van der Waals surface area (Å²) in [4.78, 5) is 26.1. The lowest BCUT2D eigenvalue weighted by Gasteiger charge is -2.22. The fraction of sp³-hybridized carbons (Fsp3) is 0.381. The van der Waals surface area contributed by atoms with Crippen molar-refractivity contribution in [3.05, 3.63) is 54.2 Å². The number of amides is 1. The van der Waals surface area contributed by atoms with E-state index in [0.717, 1.165) is 17.0 Å². The van der Waals surface area contributed by atoms with Gasteiger partial charge >= 0.3 is 12.3 Å². The molecule has 1 amide bonds. The molecule has 1 saturated heterocycles. The molecule has 3 heterocycles. The lowest BCUT2D eigenvalue weighted by Crippen LogP contribution is -2.39. The number of nitrogens with one attached hydrogen (secondary N) is 1. The van der Waals surface area contributed by atoms with Crippen LogP contribution >= 0.6 is 0 Å². The van der Waals surface area contributed by atoms with E-state index in [0.29, 0.717) is 18.7 Å². The van der Waals surface area contributed by atoms with Crippen LogP contribution in [0.1, 0.15) is 31.2 Å². The molecule has 13 heteroatoms. The molecule has 2 fully saturated rings. The minimum Gasteiger partial charge on any atom is -0.447 e. The van der Waals surface area contributed by atoms with E-state index in [1.54, 1.807) is 0 Å². The maximum absolute atomic E-state index is 13.9. The number of carbonyl (C=O) groups excluding carboxylic acids is 1. The molecule has 5 rings (SSSR count). The van der Waals surface area contributed by atoms with Gasteiger partial charge in [0, 0.05) is 6.20 Å². The van der Waals surface area contributed by atoms with E-state index in [1.165, 1.54) is 42.3 Å². The van der Waals surface area contributed by atoms with Gasteiger partial charge in [-0.05, 0) is 44.0 Å². The minimum atomic E-state index is -4.47. The summed E-state index contributed by atoms with van der Waals surface area (Å²) in [5.41, 5.74) is -1.27. The van der Waals surface area contributed by atoms with E-state index in [2.05, 4.69) is 25.4 Å². The first kappa shape index (κ1) is 22.0. The summed E-state index contributed by atoms with van der Waals surface area (Å²) in [6.45, 7) is 1.26. The van der Waals surface area contributed by atoms with E-state index < -0.39 is 35.6 Å². The Morgan fingerprint density at radius 3 is 2.74 bits per heavy atom. The van der Waals surface area contributed by atoms with Crippen LogP contribution < -0.4 is 10.2 Å². The topological polar surface area (TPSA) is 98.1 Å². The molecule has 3 aromatic rings. The van der Waals surface area contributed by atoms with Gasteiger partial charge < -0.3 is 10.1 Å². The van der Waals surface area contributed by atoms with E-state index >= 15 is 0 Å². The Bertz CT molecular complexity index is 1230. The first-order valence-corrected chi connectivity index (χ1v) is 10.5. The third-order valence-corrected chi connectivity index (χ3v) is 5.78. The molecule has 2 aliphatic rings. The first-order valence-electron chi connectivity index (χ1n) is 10.5. The lowest BCUT2D eigenvalue weighted by atomic mass is 10.2. The number of aromatic nitrogens is 5. The molecule has 1 aromatic carbocycles. The highest BCUT2D eigenvalue weighted by Crippen LogP contribution is 2.46. The van der Waals surface area contributed by atoms with Crippen LogP contribution in [-0.2, 0) is 16.5 Å². The molecule has 9 nitrogen and oxygen atoms in total. The van der Waals surface area contributed by atoms with Gasteiger partial charge in [-0.3, -0.25) is 4.90 Å². The summed E-state index contributed by atoms with van der Waals surface area (Å²) in [7, 11) is 0. The van der Waals surface area contributed by atoms with Crippen molar-refractivity contribution in [2.24, 2.45) is 0 Å². The number of hydrogen-bond donors (Lipinski definition) is 1. The maximum atomic E-state index is 13.9. The largest absolute Gasteiger partial charge is 0.447 e. The number of hydrogen-bond acceptors (Lipinski definition) is 7. The summed E-state index contributed by atoms with van der Waals surface area (Å²) in [6, 6.07) is 5.47. The molecular formula is C21H19F4N7O2. The molecule has 1 N–H and O–H groups in total. The zero-order valence-corrected chi connectivity index (χ0v) is 17.8. The number of ether oxygens (including phenoxy) is 1.